The van der Waals surface area contributed by atoms with E-state index in [4.69, 9.17) is 16.6 Å². The Kier molecular flexibility index (Phi) is 2.81. The molecule has 1 aromatic rings. The van der Waals surface area contributed by atoms with Crippen molar-refractivity contribution in [3.63, 3.8) is 0 Å². The zero-order valence-corrected chi connectivity index (χ0v) is 6.97. The molecule has 5 heteroatoms. The van der Waals surface area contributed by atoms with Crippen molar-refractivity contribution in [2.45, 2.75) is 12.5 Å². The number of hydrogen-bond acceptors (Lipinski definition) is 4. The van der Waals surface area contributed by atoms with Crippen molar-refractivity contribution in [3.8, 4) is 0 Å². The van der Waals surface area contributed by atoms with Crippen molar-refractivity contribution in [2.75, 3.05) is 5.73 Å². The topological polar surface area (TPSA) is 102 Å². The molecule has 0 fully saturated rings. The monoisotopic (exact) mass is 181 g/mol. The van der Waals surface area contributed by atoms with Crippen LogP contribution in [0.25, 0.3) is 0 Å². The summed E-state index contributed by atoms with van der Waals surface area (Å²) in [6.07, 6.45) is 3.26. The summed E-state index contributed by atoms with van der Waals surface area (Å²) in [7, 11) is 0. The molecule has 0 aliphatic heterocycles. The van der Waals surface area contributed by atoms with Gasteiger partial charge in [-0.25, -0.2) is 0 Å². The van der Waals surface area contributed by atoms with Gasteiger partial charge in [-0.2, -0.15) is 0 Å². The Labute approximate surface area is 75.4 Å². The molecule has 0 aliphatic rings. The third kappa shape index (κ3) is 2.41. The molecule has 5 nitrogen and oxygen atoms in total. The van der Waals surface area contributed by atoms with Crippen LogP contribution < -0.4 is 11.5 Å². The minimum absolute atomic E-state index is 0.226. The van der Waals surface area contributed by atoms with Gasteiger partial charge in [-0.1, -0.05) is 0 Å². The highest BCUT2D eigenvalue weighted by atomic mass is 16.4. The fourth-order valence-corrected chi connectivity index (χ4v) is 0.946. The maximum Gasteiger partial charge on any atom is 0.320 e. The summed E-state index contributed by atoms with van der Waals surface area (Å²) in [5.41, 5.74) is 12.1. The Morgan fingerprint density at radius 3 is 2.92 bits per heavy atom. The van der Waals surface area contributed by atoms with E-state index in [1.54, 1.807) is 12.3 Å². The van der Waals surface area contributed by atoms with E-state index in [0.717, 1.165) is 0 Å². The van der Waals surface area contributed by atoms with Crippen molar-refractivity contribution >= 4 is 11.7 Å². The highest BCUT2D eigenvalue weighted by molar-refractivity contribution is 5.73. The minimum Gasteiger partial charge on any atom is -0.480 e. The second-order valence-electron chi connectivity index (χ2n) is 2.72. The van der Waals surface area contributed by atoms with Crippen LogP contribution in [-0.4, -0.2) is 22.1 Å². The predicted molar refractivity (Wildman–Crippen MR) is 48.0 cm³/mol. The standard InChI is InChI=1S/C8H11N3O2/c9-6(8(12)13)3-5-1-2-11-4-7(5)10/h1-2,4,6H,3,9-10H2,(H,12,13)/t6-/m0/s1. The molecule has 1 rings (SSSR count). The summed E-state index contributed by atoms with van der Waals surface area (Å²) in [6, 6.07) is 0.752. The Hall–Kier alpha value is -1.62. The van der Waals surface area contributed by atoms with Crippen LogP contribution in [0.5, 0.6) is 0 Å². The molecule has 0 aromatic carbocycles. The third-order valence-electron chi connectivity index (χ3n) is 1.70. The third-order valence-corrected chi connectivity index (χ3v) is 1.70. The molecule has 0 saturated heterocycles. The minimum atomic E-state index is -1.03. The molecule has 0 spiro atoms. The van der Waals surface area contributed by atoms with Crippen LogP contribution in [0.3, 0.4) is 0 Å². The van der Waals surface area contributed by atoms with Gasteiger partial charge in [0.15, 0.2) is 0 Å². The zero-order chi connectivity index (χ0) is 9.84. The summed E-state index contributed by atoms with van der Waals surface area (Å²) in [4.78, 5) is 14.2. The predicted octanol–water partition coefficient (Wildman–Crippen LogP) is -0.382. The van der Waals surface area contributed by atoms with E-state index >= 15 is 0 Å². The SMILES string of the molecule is Nc1cnccc1C[C@H](N)C(=O)O. The largest absolute Gasteiger partial charge is 0.480 e. The molecular weight excluding hydrogens is 170 g/mol. The number of nitrogens with two attached hydrogens (primary N) is 2. The number of aliphatic carboxylic acids is 1. The number of hydrogen-bond donors (Lipinski definition) is 3. The maximum absolute atomic E-state index is 10.4. The summed E-state index contributed by atoms with van der Waals surface area (Å²) < 4.78 is 0. The first kappa shape index (κ1) is 9.47. The van der Waals surface area contributed by atoms with Crippen LogP contribution in [0, 0.1) is 0 Å². The van der Waals surface area contributed by atoms with Crippen molar-refractivity contribution in [2.24, 2.45) is 5.73 Å². The average molecular weight is 181 g/mol. The Bertz CT molecular complexity index is 314. The smallest absolute Gasteiger partial charge is 0.320 e. The molecule has 1 atom stereocenters. The first-order chi connectivity index (χ1) is 6.11. The van der Waals surface area contributed by atoms with Gasteiger partial charge >= 0.3 is 5.97 Å². The number of anilines is 1. The lowest BCUT2D eigenvalue weighted by molar-refractivity contribution is -0.138. The maximum atomic E-state index is 10.4. The van der Waals surface area contributed by atoms with Gasteiger partial charge in [0.05, 0.1) is 11.9 Å². The number of aromatic nitrogens is 1. The molecular formula is C8H11N3O2. The first-order valence-electron chi connectivity index (χ1n) is 3.78. The van der Waals surface area contributed by atoms with Crippen LogP contribution in [0.15, 0.2) is 18.5 Å². The normalized spacial score (nSPS) is 12.4. The molecule has 13 heavy (non-hydrogen) atoms. The lowest BCUT2D eigenvalue weighted by Gasteiger charge is -2.07. The molecule has 70 valence electrons. The second-order valence-corrected chi connectivity index (χ2v) is 2.72. The highest BCUT2D eigenvalue weighted by Gasteiger charge is 2.13. The van der Waals surface area contributed by atoms with E-state index in [-0.39, 0.29) is 6.42 Å². The number of carboxylic acid groups (broad SMARTS) is 1. The summed E-state index contributed by atoms with van der Waals surface area (Å²) >= 11 is 0. The summed E-state index contributed by atoms with van der Waals surface area (Å²) in [5, 5.41) is 8.55. The Morgan fingerprint density at radius 1 is 1.69 bits per heavy atom. The zero-order valence-electron chi connectivity index (χ0n) is 6.97. The Balaban J connectivity index is 2.74. The van der Waals surface area contributed by atoms with Crippen molar-refractivity contribution in [1.29, 1.82) is 0 Å². The second kappa shape index (κ2) is 3.86. The fraction of sp³-hybridized carbons (Fsp3) is 0.250. The van der Waals surface area contributed by atoms with Crippen LogP contribution in [0.2, 0.25) is 0 Å². The van der Waals surface area contributed by atoms with Crippen molar-refractivity contribution in [3.05, 3.63) is 24.0 Å². The van der Waals surface area contributed by atoms with Crippen molar-refractivity contribution in [1.82, 2.24) is 4.98 Å². The quantitative estimate of drug-likeness (QED) is 0.589. The molecule has 0 aliphatic carbocycles. The molecule has 0 bridgehead atoms. The van der Waals surface area contributed by atoms with Crippen molar-refractivity contribution < 1.29 is 9.90 Å². The number of carboxylic acids is 1. The number of rotatable bonds is 3. The van der Waals surface area contributed by atoms with E-state index in [9.17, 15) is 4.79 Å². The van der Waals surface area contributed by atoms with E-state index in [0.29, 0.717) is 11.3 Å². The fourth-order valence-electron chi connectivity index (χ4n) is 0.946. The number of nitrogen functional groups attached to an aromatic ring is 1. The molecule has 0 radical (unpaired) electrons. The highest BCUT2D eigenvalue weighted by Crippen LogP contribution is 2.10. The molecule has 0 unspecified atom stereocenters. The van der Waals surface area contributed by atoms with Gasteiger partial charge in [-0.05, 0) is 11.6 Å². The molecule has 0 amide bonds. The number of pyridine rings is 1. The van der Waals surface area contributed by atoms with Gasteiger partial charge in [-0.3, -0.25) is 9.78 Å². The van der Waals surface area contributed by atoms with Gasteiger partial charge in [0.1, 0.15) is 6.04 Å². The number of carbonyl (C=O) groups is 1. The Morgan fingerprint density at radius 2 is 2.38 bits per heavy atom. The van der Waals surface area contributed by atoms with Gasteiger partial charge in [0.25, 0.3) is 0 Å². The van der Waals surface area contributed by atoms with E-state index in [1.807, 2.05) is 0 Å². The number of nitrogens with zero attached hydrogens (tertiary/aromatic N) is 1. The van der Waals surface area contributed by atoms with E-state index in [2.05, 4.69) is 4.98 Å². The van der Waals surface area contributed by atoms with Gasteiger partial charge in [-0.15, -0.1) is 0 Å². The molecule has 5 N–H and O–H groups in total. The van der Waals surface area contributed by atoms with Crippen LogP contribution in [0.1, 0.15) is 5.56 Å². The lowest BCUT2D eigenvalue weighted by atomic mass is 10.1. The summed E-state index contributed by atoms with van der Waals surface area (Å²) in [5.74, 6) is -1.03. The van der Waals surface area contributed by atoms with E-state index < -0.39 is 12.0 Å². The molecule has 1 aromatic heterocycles. The molecule has 0 saturated carbocycles. The van der Waals surface area contributed by atoms with Gasteiger partial charge in [0, 0.05) is 12.6 Å². The first-order valence-corrected chi connectivity index (χ1v) is 3.78. The lowest BCUT2D eigenvalue weighted by Crippen LogP contribution is -2.32. The van der Waals surface area contributed by atoms with Crippen LogP contribution >= 0.6 is 0 Å². The van der Waals surface area contributed by atoms with Gasteiger partial charge < -0.3 is 16.6 Å². The summed E-state index contributed by atoms with van der Waals surface area (Å²) in [6.45, 7) is 0. The van der Waals surface area contributed by atoms with E-state index in [1.165, 1.54) is 6.20 Å². The van der Waals surface area contributed by atoms with Gasteiger partial charge in [0.2, 0.25) is 0 Å². The molecule has 1 heterocycles. The van der Waals surface area contributed by atoms with Crippen LogP contribution in [-0.2, 0) is 11.2 Å². The average Bonchev–Trinajstić information content (AvgIpc) is 2.08. The van der Waals surface area contributed by atoms with Crippen LogP contribution in [0.4, 0.5) is 5.69 Å².